The van der Waals surface area contributed by atoms with Gasteiger partial charge in [-0.3, -0.25) is 0 Å². The highest BCUT2D eigenvalue weighted by Gasteiger charge is 2.30. The largest absolute Gasteiger partial charge is 0.374 e. The average molecular weight is 301 g/mol. The number of hydrazine groups is 1. The maximum absolute atomic E-state index is 6.20. The molecule has 2 aromatic rings. The lowest BCUT2D eigenvalue weighted by atomic mass is 10.1. The molecule has 0 N–H and O–H groups in total. The Morgan fingerprint density at radius 2 is 1.77 bits per heavy atom. The molecule has 2 aliphatic heterocycles. The van der Waals surface area contributed by atoms with Crippen molar-refractivity contribution in [1.82, 2.24) is 25.2 Å². The summed E-state index contributed by atoms with van der Waals surface area (Å²) in [7, 11) is 0. The molecule has 118 valence electrons. The van der Waals surface area contributed by atoms with Crippen LogP contribution in [-0.4, -0.2) is 51.0 Å². The minimum atomic E-state index is 0.0666. The Hall–Kier alpha value is -1.66. The number of fused-ring (bicyclic) bond motifs is 1. The second-order valence-corrected chi connectivity index (χ2v) is 6.18. The normalized spacial score (nSPS) is 24.6. The summed E-state index contributed by atoms with van der Waals surface area (Å²) in [6.45, 7) is 3.38. The number of hydrogen-bond acceptors (Lipinski definition) is 5. The van der Waals surface area contributed by atoms with Crippen molar-refractivity contribution < 1.29 is 4.84 Å². The minimum absolute atomic E-state index is 0.0666. The minimum Gasteiger partial charge on any atom is -0.374 e. The first-order chi connectivity index (χ1) is 10.9. The third kappa shape index (κ3) is 2.68. The van der Waals surface area contributed by atoms with Gasteiger partial charge in [-0.25, -0.2) is 10.0 Å². The lowest BCUT2D eigenvalue weighted by Gasteiger charge is -2.43. The number of para-hydroxylation sites is 1. The summed E-state index contributed by atoms with van der Waals surface area (Å²) in [6, 6.07) is 7.94. The number of hydrogen-bond donors (Lipinski definition) is 0. The van der Waals surface area contributed by atoms with Crippen molar-refractivity contribution in [1.29, 1.82) is 0 Å². The SMILES string of the molecule is c1ccc2c(c1)nnn2OC1CCCCN1N1CCCCC1. The summed E-state index contributed by atoms with van der Waals surface area (Å²) in [5.41, 5.74) is 1.81. The number of rotatable bonds is 3. The van der Waals surface area contributed by atoms with Gasteiger partial charge in [-0.15, -0.1) is 5.10 Å². The van der Waals surface area contributed by atoms with Crippen molar-refractivity contribution >= 4 is 11.0 Å². The molecule has 0 spiro atoms. The Morgan fingerprint density at radius 1 is 0.955 bits per heavy atom. The van der Waals surface area contributed by atoms with Crippen LogP contribution >= 0.6 is 0 Å². The maximum Gasteiger partial charge on any atom is 0.193 e. The van der Waals surface area contributed by atoms with Gasteiger partial charge in [0.15, 0.2) is 6.23 Å². The molecular formula is C16H23N5O. The van der Waals surface area contributed by atoms with E-state index >= 15 is 0 Å². The quantitative estimate of drug-likeness (QED) is 0.868. The van der Waals surface area contributed by atoms with E-state index in [1.54, 1.807) is 4.85 Å². The van der Waals surface area contributed by atoms with Gasteiger partial charge < -0.3 is 4.84 Å². The van der Waals surface area contributed by atoms with E-state index in [0.29, 0.717) is 0 Å². The first-order valence-electron chi connectivity index (χ1n) is 8.41. The molecule has 2 saturated heterocycles. The molecule has 0 amide bonds. The van der Waals surface area contributed by atoms with Gasteiger partial charge in [0.25, 0.3) is 0 Å². The predicted molar refractivity (Wildman–Crippen MR) is 83.9 cm³/mol. The van der Waals surface area contributed by atoms with Gasteiger partial charge in [-0.05, 0) is 43.0 Å². The molecule has 1 aromatic carbocycles. The highest BCUT2D eigenvalue weighted by Crippen LogP contribution is 2.22. The van der Waals surface area contributed by atoms with Crippen molar-refractivity contribution in [2.45, 2.75) is 44.8 Å². The molecule has 1 aromatic heterocycles. The molecule has 2 fully saturated rings. The van der Waals surface area contributed by atoms with Crippen molar-refractivity contribution in [2.75, 3.05) is 19.6 Å². The van der Waals surface area contributed by atoms with Gasteiger partial charge in [0.2, 0.25) is 0 Å². The second kappa shape index (κ2) is 6.22. The van der Waals surface area contributed by atoms with Crippen LogP contribution < -0.4 is 4.84 Å². The Balaban J connectivity index is 1.54. The third-order valence-electron chi connectivity index (χ3n) is 4.66. The number of nitrogens with zero attached hydrogens (tertiary/aromatic N) is 5. The molecule has 0 saturated carbocycles. The van der Waals surface area contributed by atoms with Crippen molar-refractivity contribution in [3.63, 3.8) is 0 Å². The van der Waals surface area contributed by atoms with Crippen LogP contribution in [-0.2, 0) is 0 Å². The molecule has 0 aliphatic carbocycles. The molecule has 2 aliphatic rings. The van der Waals surface area contributed by atoms with E-state index in [4.69, 9.17) is 4.84 Å². The smallest absolute Gasteiger partial charge is 0.193 e. The van der Waals surface area contributed by atoms with Crippen LogP contribution in [0.4, 0.5) is 0 Å². The van der Waals surface area contributed by atoms with E-state index in [0.717, 1.165) is 37.1 Å². The zero-order valence-corrected chi connectivity index (χ0v) is 12.9. The van der Waals surface area contributed by atoms with Gasteiger partial charge in [-0.2, -0.15) is 0 Å². The average Bonchev–Trinajstić information content (AvgIpc) is 2.99. The second-order valence-electron chi connectivity index (χ2n) is 6.18. The fraction of sp³-hybridized carbons (Fsp3) is 0.625. The van der Waals surface area contributed by atoms with Crippen LogP contribution in [0.2, 0.25) is 0 Å². The molecular weight excluding hydrogens is 278 g/mol. The zero-order valence-electron chi connectivity index (χ0n) is 12.9. The highest BCUT2D eigenvalue weighted by atomic mass is 16.7. The topological polar surface area (TPSA) is 46.4 Å². The number of aromatic nitrogens is 3. The molecule has 4 rings (SSSR count). The number of benzene rings is 1. The van der Waals surface area contributed by atoms with Crippen LogP contribution in [0.5, 0.6) is 0 Å². The Morgan fingerprint density at radius 3 is 2.68 bits per heavy atom. The van der Waals surface area contributed by atoms with Gasteiger partial charge in [0.1, 0.15) is 11.0 Å². The molecule has 22 heavy (non-hydrogen) atoms. The highest BCUT2D eigenvalue weighted by molar-refractivity contribution is 5.73. The lowest BCUT2D eigenvalue weighted by Crippen LogP contribution is -2.56. The van der Waals surface area contributed by atoms with Crippen LogP contribution in [0, 0.1) is 0 Å². The Bertz CT molecular complexity index is 622. The lowest BCUT2D eigenvalue weighted by molar-refractivity contribution is -0.191. The van der Waals surface area contributed by atoms with E-state index in [-0.39, 0.29) is 6.23 Å². The zero-order chi connectivity index (χ0) is 14.8. The van der Waals surface area contributed by atoms with Gasteiger partial charge in [0.05, 0.1) is 0 Å². The first-order valence-corrected chi connectivity index (χ1v) is 8.41. The molecule has 1 atom stereocenters. The monoisotopic (exact) mass is 301 g/mol. The van der Waals surface area contributed by atoms with Crippen LogP contribution in [0.3, 0.4) is 0 Å². The van der Waals surface area contributed by atoms with Gasteiger partial charge >= 0.3 is 0 Å². The van der Waals surface area contributed by atoms with Crippen molar-refractivity contribution in [3.05, 3.63) is 24.3 Å². The Kier molecular flexibility index (Phi) is 3.95. The molecule has 0 bridgehead atoms. The van der Waals surface area contributed by atoms with E-state index in [9.17, 15) is 0 Å². The third-order valence-corrected chi connectivity index (χ3v) is 4.66. The number of piperidine rings is 2. The fourth-order valence-corrected chi connectivity index (χ4v) is 3.49. The molecule has 1 unspecified atom stereocenters. The molecule has 6 nitrogen and oxygen atoms in total. The molecule has 3 heterocycles. The fourth-order valence-electron chi connectivity index (χ4n) is 3.49. The summed E-state index contributed by atoms with van der Waals surface area (Å²) < 4.78 is 0. The Labute approximate surface area is 130 Å². The summed E-state index contributed by atoms with van der Waals surface area (Å²) in [5, 5.41) is 13.2. The standard InChI is InChI=1S/C16H23N5O/c1-5-11-19(12-6-1)20-13-7-4-10-16(20)22-21-15-9-3-2-8-14(15)17-18-21/h2-3,8-9,16H,1,4-7,10-13H2. The summed E-state index contributed by atoms with van der Waals surface area (Å²) in [4.78, 5) is 7.80. The molecule has 0 radical (unpaired) electrons. The molecule has 6 heteroatoms. The summed E-state index contributed by atoms with van der Waals surface area (Å²) in [6.07, 6.45) is 7.49. The van der Waals surface area contributed by atoms with E-state index < -0.39 is 0 Å². The van der Waals surface area contributed by atoms with E-state index in [1.807, 2.05) is 24.3 Å². The maximum atomic E-state index is 6.20. The van der Waals surface area contributed by atoms with Crippen molar-refractivity contribution in [2.24, 2.45) is 0 Å². The van der Waals surface area contributed by atoms with E-state index in [2.05, 4.69) is 20.3 Å². The van der Waals surface area contributed by atoms with Crippen LogP contribution in [0.25, 0.3) is 11.0 Å². The van der Waals surface area contributed by atoms with Crippen LogP contribution in [0.15, 0.2) is 24.3 Å². The van der Waals surface area contributed by atoms with Crippen molar-refractivity contribution in [3.8, 4) is 0 Å². The first kappa shape index (κ1) is 14.0. The van der Waals surface area contributed by atoms with Crippen LogP contribution in [0.1, 0.15) is 38.5 Å². The summed E-state index contributed by atoms with van der Waals surface area (Å²) >= 11 is 0. The van der Waals surface area contributed by atoms with Gasteiger partial charge in [-0.1, -0.05) is 23.4 Å². The van der Waals surface area contributed by atoms with E-state index in [1.165, 1.54) is 32.1 Å². The predicted octanol–water partition coefficient (Wildman–Crippen LogP) is 2.07. The van der Waals surface area contributed by atoms with Gasteiger partial charge in [0, 0.05) is 26.1 Å². The summed E-state index contributed by atoms with van der Waals surface area (Å²) in [5.74, 6) is 0.